The van der Waals surface area contributed by atoms with Crippen molar-refractivity contribution in [3.05, 3.63) is 57.8 Å². The third-order valence-electron chi connectivity index (χ3n) is 4.35. The van der Waals surface area contributed by atoms with Gasteiger partial charge in [-0.1, -0.05) is 15.9 Å². The highest BCUT2D eigenvalue weighted by Gasteiger charge is 2.28. The number of methoxy groups -OCH3 is 1. The van der Waals surface area contributed by atoms with E-state index in [1.807, 2.05) is 26.0 Å². The van der Waals surface area contributed by atoms with E-state index in [4.69, 9.17) is 14.2 Å². The van der Waals surface area contributed by atoms with Crippen LogP contribution in [0.3, 0.4) is 0 Å². The fraction of sp³-hybridized carbons (Fsp3) is 0.238. The number of rotatable bonds is 5. The number of nitrogens with zero attached hydrogens (tertiary/aromatic N) is 1. The summed E-state index contributed by atoms with van der Waals surface area (Å²) in [6, 6.07) is 10.2. The Hall–Kier alpha value is -2.80. The van der Waals surface area contributed by atoms with Crippen molar-refractivity contribution in [1.29, 1.82) is 0 Å². The fourth-order valence-electron chi connectivity index (χ4n) is 2.84. The van der Waals surface area contributed by atoms with Gasteiger partial charge in [-0.15, -0.1) is 0 Å². The van der Waals surface area contributed by atoms with E-state index < -0.39 is 6.09 Å². The van der Waals surface area contributed by atoms with E-state index in [1.54, 1.807) is 42.4 Å². The second-order valence-corrected chi connectivity index (χ2v) is 6.94. The molecule has 0 atom stereocenters. The summed E-state index contributed by atoms with van der Waals surface area (Å²) in [5.41, 5.74) is 1.13. The molecule has 146 valence electrons. The van der Waals surface area contributed by atoms with E-state index in [0.29, 0.717) is 41.5 Å². The molecule has 1 heterocycles. The molecule has 1 aliphatic heterocycles. The Morgan fingerprint density at radius 2 is 1.93 bits per heavy atom. The van der Waals surface area contributed by atoms with Crippen molar-refractivity contribution in [2.45, 2.75) is 13.8 Å². The van der Waals surface area contributed by atoms with Gasteiger partial charge in [0.1, 0.15) is 17.2 Å². The Bertz CT molecular complexity index is 950. The monoisotopic (exact) mass is 445 g/mol. The zero-order valence-corrected chi connectivity index (χ0v) is 17.4. The third kappa shape index (κ3) is 4.04. The molecule has 2 aromatic rings. The molecule has 0 bridgehead atoms. The lowest BCUT2D eigenvalue weighted by atomic mass is 10.1. The summed E-state index contributed by atoms with van der Waals surface area (Å²) in [5, 5.41) is 0. The predicted molar refractivity (Wildman–Crippen MR) is 109 cm³/mol. The number of ketones is 1. The van der Waals surface area contributed by atoms with Crippen LogP contribution in [-0.4, -0.2) is 37.0 Å². The highest BCUT2D eigenvalue weighted by atomic mass is 79.9. The Labute approximate surface area is 171 Å². The number of hydrogen-bond acceptors (Lipinski definition) is 5. The minimum absolute atomic E-state index is 0.179. The zero-order valence-electron chi connectivity index (χ0n) is 15.8. The van der Waals surface area contributed by atoms with E-state index >= 15 is 0 Å². The molecule has 0 radical (unpaired) electrons. The summed E-state index contributed by atoms with van der Waals surface area (Å²) < 4.78 is 17.3. The first-order valence-electron chi connectivity index (χ1n) is 8.85. The van der Waals surface area contributed by atoms with Crippen LogP contribution in [0.5, 0.6) is 17.2 Å². The fourth-order valence-corrected chi connectivity index (χ4v) is 3.22. The van der Waals surface area contributed by atoms with Crippen molar-refractivity contribution in [2.24, 2.45) is 0 Å². The van der Waals surface area contributed by atoms with Gasteiger partial charge in [-0.2, -0.15) is 0 Å². The van der Waals surface area contributed by atoms with E-state index in [1.165, 1.54) is 0 Å². The van der Waals surface area contributed by atoms with Gasteiger partial charge >= 0.3 is 6.09 Å². The standard InChI is InChI=1S/C21H20BrNO5/c1-4-23(5-2)21(25)27-15-7-8-16-18(12-15)28-19(20(16)24)11-13-10-14(22)6-9-17(13)26-3/h6-12H,4-5H2,1-3H3/b19-11-. The summed E-state index contributed by atoms with van der Waals surface area (Å²) in [4.78, 5) is 26.3. The van der Waals surface area contributed by atoms with Crippen LogP contribution in [0.2, 0.25) is 0 Å². The molecule has 1 amide bonds. The Morgan fingerprint density at radius 1 is 1.18 bits per heavy atom. The second-order valence-electron chi connectivity index (χ2n) is 6.02. The van der Waals surface area contributed by atoms with Crippen LogP contribution in [0.15, 0.2) is 46.6 Å². The van der Waals surface area contributed by atoms with Gasteiger partial charge in [0.2, 0.25) is 5.78 Å². The summed E-state index contributed by atoms with van der Waals surface area (Å²) in [6.07, 6.45) is 1.19. The molecule has 0 saturated heterocycles. The van der Waals surface area contributed by atoms with Gasteiger partial charge in [0, 0.05) is 29.2 Å². The lowest BCUT2D eigenvalue weighted by molar-refractivity contribution is 0.101. The van der Waals surface area contributed by atoms with Crippen molar-refractivity contribution < 1.29 is 23.8 Å². The van der Waals surface area contributed by atoms with Gasteiger partial charge in [-0.25, -0.2) is 4.79 Å². The molecule has 0 aromatic heterocycles. The van der Waals surface area contributed by atoms with Crippen LogP contribution < -0.4 is 14.2 Å². The molecule has 2 aromatic carbocycles. The summed E-state index contributed by atoms with van der Waals surface area (Å²) in [5.74, 6) is 1.24. The van der Waals surface area contributed by atoms with Crippen LogP contribution in [0.1, 0.15) is 29.8 Å². The summed E-state index contributed by atoms with van der Waals surface area (Å²) in [7, 11) is 1.56. The average Bonchev–Trinajstić information content (AvgIpc) is 2.98. The lowest BCUT2D eigenvalue weighted by Crippen LogP contribution is -2.33. The van der Waals surface area contributed by atoms with Crippen LogP contribution in [0.4, 0.5) is 4.79 Å². The summed E-state index contributed by atoms with van der Waals surface area (Å²) >= 11 is 3.41. The first-order valence-corrected chi connectivity index (χ1v) is 9.64. The third-order valence-corrected chi connectivity index (χ3v) is 4.84. The SMILES string of the molecule is CCN(CC)C(=O)Oc1ccc2c(c1)O/C(=C\c1cc(Br)ccc1OC)C2=O. The van der Waals surface area contributed by atoms with Crippen molar-refractivity contribution in [2.75, 3.05) is 20.2 Å². The number of carbonyl (C=O) groups excluding carboxylic acids is 2. The smallest absolute Gasteiger partial charge is 0.415 e. The summed E-state index contributed by atoms with van der Waals surface area (Å²) in [6.45, 7) is 4.86. The van der Waals surface area contributed by atoms with Gasteiger partial charge in [0.05, 0.1) is 12.7 Å². The van der Waals surface area contributed by atoms with Crippen molar-refractivity contribution in [3.63, 3.8) is 0 Å². The topological polar surface area (TPSA) is 65.1 Å². The Morgan fingerprint density at radius 3 is 2.61 bits per heavy atom. The number of allylic oxidation sites excluding steroid dienone is 1. The molecule has 6 nitrogen and oxygen atoms in total. The quantitative estimate of drug-likeness (QED) is 0.611. The number of halogens is 1. The maximum Gasteiger partial charge on any atom is 0.415 e. The Balaban J connectivity index is 1.85. The molecule has 0 spiro atoms. The molecule has 0 fully saturated rings. The number of Topliss-reactive ketones (excluding diaryl/α,β-unsaturated/α-hetero) is 1. The number of amides is 1. The van der Waals surface area contributed by atoms with Crippen LogP contribution in [0, 0.1) is 0 Å². The minimum atomic E-state index is -0.441. The lowest BCUT2D eigenvalue weighted by Gasteiger charge is -2.17. The number of ether oxygens (including phenoxy) is 3. The Kier molecular flexibility index (Phi) is 6.04. The van der Waals surface area contributed by atoms with E-state index in [2.05, 4.69) is 15.9 Å². The molecule has 0 N–H and O–H groups in total. The molecule has 0 aliphatic carbocycles. The maximum atomic E-state index is 12.7. The molecule has 0 saturated carbocycles. The van der Waals surface area contributed by atoms with Gasteiger partial charge in [-0.05, 0) is 50.3 Å². The number of carbonyl (C=O) groups is 2. The van der Waals surface area contributed by atoms with Crippen molar-refractivity contribution in [1.82, 2.24) is 4.90 Å². The number of hydrogen-bond donors (Lipinski definition) is 0. The molecule has 3 rings (SSSR count). The first kappa shape index (κ1) is 19.9. The zero-order chi connectivity index (χ0) is 20.3. The molecular weight excluding hydrogens is 426 g/mol. The van der Waals surface area contributed by atoms with E-state index in [0.717, 1.165) is 4.47 Å². The van der Waals surface area contributed by atoms with Crippen LogP contribution >= 0.6 is 15.9 Å². The van der Waals surface area contributed by atoms with Gasteiger partial charge in [0.25, 0.3) is 0 Å². The highest BCUT2D eigenvalue weighted by molar-refractivity contribution is 9.10. The number of fused-ring (bicyclic) bond motifs is 1. The van der Waals surface area contributed by atoms with E-state index in [9.17, 15) is 9.59 Å². The average molecular weight is 446 g/mol. The molecule has 7 heteroatoms. The van der Waals surface area contributed by atoms with E-state index in [-0.39, 0.29) is 11.5 Å². The maximum absolute atomic E-state index is 12.7. The molecule has 0 unspecified atom stereocenters. The highest BCUT2D eigenvalue weighted by Crippen LogP contribution is 2.36. The predicted octanol–water partition coefficient (Wildman–Crippen LogP) is 4.91. The minimum Gasteiger partial charge on any atom is -0.496 e. The number of benzene rings is 2. The molecule has 1 aliphatic rings. The van der Waals surface area contributed by atoms with Gasteiger partial charge < -0.3 is 19.1 Å². The van der Waals surface area contributed by atoms with Gasteiger partial charge in [-0.3, -0.25) is 4.79 Å². The molecular formula is C21H20BrNO5. The largest absolute Gasteiger partial charge is 0.496 e. The van der Waals surface area contributed by atoms with Gasteiger partial charge in [0.15, 0.2) is 5.76 Å². The molecule has 28 heavy (non-hydrogen) atoms. The van der Waals surface area contributed by atoms with Crippen LogP contribution in [-0.2, 0) is 0 Å². The van der Waals surface area contributed by atoms with Crippen molar-refractivity contribution >= 4 is 33.9 Å². The van der Waals surface area contributed by atoms with Crippen molar-refractivity contribution in [3.8, 4) is 17.2 Å². The van der Waals surface area contributed by atoms with Crippen LogP contribution in [0.25, 0.3) is 6.08 Å². The first-order chi connectivity index (χ1) is 13.5. The second kappa shape index (κ2) is 8.48. The normalized spacial score (nSPS) is 13.9.